The van der Waals surface area contributed by atoms with Gasteiger partial charge in [0.1, 0.15) is 0 Å². The smallest absolute Gasteiger partial charge is 0.0709 e. The fraction of sp³-hybridized carbons (Fsp3) is 0. The van der Waals surface area contributed by atoms with Crippen molar-refractivity contribution in [2.75, 3.05) is 0 Å². The molecule has 0 aliphatic carbocycles. The van der Waals surface area contributed by atoms with Crippen LogP contribution in [0.3, 0.4) is 0 Å². The molecule has 304 valence electrons. The standard InChI is InChI=1S/C62H36N4/c1-5-13-53-37(9-1)21-29-57(63-53)41-17-25-45-46-26-18-43(59-31-23-39-11-3-7-15-55(39)65-59)35-51(46)62-52-36-44(60-32-24-40-12-4-8-16-56(40)66-60)20-28-48(52)47-27-19-42(34-50(47)61(62)49(45)33-41)58-30-22-38-10-2-6-14-54(38)64-58/h1-36H. The Morgan fingerprint density at radius 3 is 0.697 bits per heavy atom. The summed E-state index contributed by atoms with van der Waals surface area (Å²) < 4.78 is 0. The van der Waals surface area contributed by atoms with Gasteiger partial charge in [0.25, 0.3) is 0 Å². The number of rotatable bonds is 4. The van der Waals surface area contributed by atoms with Crippen LogP contribution in [0.15, 0.2) is 218 Å². The second-order valence-electron chi connectivity index (χ2n) is 17.3. The molecule has 0 bridgehead atoms. The Kier molecular flexibility index (Phi) is 7.95. The maximum Gasteiger partial charge on any atom is 0.0709 e. The Bertz CT molecular complexity index is 3810. The van der Waals surface area contributed by atoms with Crippen LogP contribution in [-0.2, 0) is 0 Å². The quantitative estimate of drug-likeness (QED) is 0.166. The summed E-state index contributed by atoms with van der Waals surface area (Å²) in [5.74, 6) is 0. The van der Waals surface area contributed by atoms with Crippen molar-refractivity contribution in [2.45, 2.75) is 0 Å². The zero-order valence-electron chi connectivity index (χ0n) is 35.6. The minimum atomic E-state index is 0.942. The number of benzene rings is 10. The van der Waals surface area contributed by atoms with Crippen molar-refractivity contribution in [1.29, 1.82) is 0 Å². The minimum absolute atomic E-state index is 0.942. The van der Waals surface area contributed by atoms with Gasteiger partial charge >= 0.3 is 0 Å². The van der Waals surface area contributed by atoms with Gasteiger partial charge in [-0.15, -0.1) is 0 Å². The molecular weight excluding hydrogens is 801 g/mol. The summed E-state index contributed by atoms with van der Waals surface area (Å²) in [6, 6.07) is 78.3. The highest BCUT2D eigenvalue weighted by Gasteiger charge is 2.20. The van der Waals surface area contributed by atoms with Crippen LogP contribution in [-0.4, -0.2) is 19.9 Å². The van der Waals surface area contributed by atoms with Crippen LogP contribution < -0.4 is 0 Å². The van der Waals surface area contributed by atoms with E-state index in [4.69, 9.17) is 19.9 Å². The van der Waals surface area contributed by atoms with Crippen LogP contribution in [0.4, 0.5) is 0 Å². The summed E-state index contributed by atoms with van der Waals surface area (Å²) in [5.41, 5.74) is 12.0. The van der Waals surface area contributed by atoms with Gasteiger partial charge in [0, 0.05) is 43.8 Å². The number of nitrogens with zero attached hydrogens (tertiary/aromatic N) is 4. The average molecular weight is 837 g/mol. The van der Waals surface area contributed by atoms with E-state index < -0.39 is 0 Å². The highest BCUT2D eigenvalue weighted by Crippen LogP contribution is 2.47. The lowest BCUT2D eigenvalue weighted by molar-refractivity contribution is 1.40. The van der Waals surface area contributed by atoms with E-state index in [1.165, 1.54) is 53.9 Å². The molecule has 0 aliphatic rings. The van der Waals surface area contributed by atoms with Gasteiger partial charge < -0.3 is 0 Å². The zero-order chi connectivity index (χ0) is 43.3. The average Bonchev–Trinajstić information content (AvgIpc) is 3.39. The zero-order valence-corrected chi connectivity index (χ0v) is 35.6. The van der Waals surface area contributed by atoms with Gasteiger partial charge in [0.15, 0.2) is 0 Å². The van der Waals surface area contributed by atoms with Crippen molar-refractivity contribution < 1.29 is 0 Å². The van der Waals surface area contributed by atoms with Crippen molar-refractivity contribution in [3.63, 3.8) is 0 Å². The van der Waals surface area contributed by atoms with Gasteiger partial charge in [0.05, 0.1) is 44.8 Å². The molecule has 4 aromatic heterocycles. The Balaban J connectivity index is 1.13. The van der Waals surface area contributed by atoms with Gasteiger partial charge in [-0.05, 0) is 127 Å². The molecule has 10 aromatic carbocycles. The molecule has 4 nitrogen and oxygen atoms in total. The molecule has 14 aromatic rings. The van der Waals surface area contributed by atoms with E-state index in [1.54, 1.807) is 0 Å². The molecular formula is C62H36N4. The molecule has 0 saturated carbocycles. The van der Waals surface area contributed by atoms with E-state index in [1.807, 2.05) is 0 Å². The summed E-state index contributed by atoms with van der Waals surface area (Å²) in [7, 11) is 0. The minimum Gasteiger partial charge on any atom is -0.248 e. The molecule has 0 amide bonds. The Morgan fingerprint density at radius 1 is 0.197 bits per heavy atom. The van der Waals surface area contributed by atoms with E-state index in [0.717, 1.165) is 88.6 Å². The highest BCUT2D eigenvalue weighted by atomic mass is 14.7. The molecule has 0 N–H and O–H groups in total. The summed E-state index contributed by atoms with van der Waals surface area (Å²) in [4.78, 5) is 20.8. The van der Waals surface area contributed by atoms with E-state index >= 15 is 0 Å². The molecule has 0 atom stereocenters. The topological polar surface area (TPSA) is 51.6 Å². The molecule has 66 heavy (non-hydrogen) atoms. The van der Waals surface area contributed by atoms with Crippen LogP contribution >= 0.6 is 0 Å². The van der Waals surface area contributed by atoms with Crippen LogP contribution in [0.25, 0.3) is 143 Å². The first-order valence-corrected chi connectivity index (χ1v) is 22.4. The third kappa shape index (κ3) is 5.79. The fourth-order valence-corrected chi connectivity index (χ4v) is 10.3. The van der Waals surface area contributed by atoms with Crippen LogP contribution in [0.2, 0.25) is 0 Å². The number of hydrogen-bond acceptors (Lipinski definition) is 4. The molecule has 4 heteroatoms. The predicted octanol–water partition coefficient (Wildman–Crippen LogP) is 16.3. The number of aromatic nitrogens is 4. The monoisotopic (exact) mass is 836 g/mol. The lowest BCUT2D eigenvalue weighted by Crippen LogP contribution is -1.93. The van der Waals surface area contributed by atoms with Crippen molar-refractivity contribution in [2.24, 2.45) is 0 Å². The lowest BCUT2D eigenvalue weighted by atomic mass is 9.84. The highest BCUT2D eigenvalue weighted by molar-refractivity contribution is 6.40. The van der Waals surface area contributed by atoms with Gasteiger partial charge in [0.2, 0.25) is 0 Å². The first kappa shape index (κ1) is 36.6. The van der Waals surface area contributed by atoms with Crippen LogP contribution in [0, 0.1) is 0 Å². The number of para-hydroxylation sites is 4. The van der Waals surface area contributed by atoms with Crippen molar-refractivity contribution in [3.8, 4) is 45.0 Å². The van der Waals surface area contributed by atoms with E-state index in [-0.39, 0.29) is 0 Å². The Morgan fingerprint density at radius 2 is 0.439 bits per heavy atom. The maximum absolute atomic E-state index is 5.20. The Hall–Kier alpha value is -8.86. The molecule has 14 rings (SSSR count). The molecule has 0 aliphatic heterocycles. The molecule has 4 heterocycles. The third-order valence-electron chi connectivity index (χ3n) is 13.6. The molecule has 0 unspecified atom stereocenters. The third-order valence-corrected chi connectivity index (χ3v) is 13.6. The summed E-state index contributed by atoms with van der Waals surface area (Å²) in [6.07, 6.45) is 0. The maximum atomic E-state index is 5.20. The van der Waals surface area contributed by atoms with E-state index in [9.17, 15) is 0 Å². The SMILES string of the molecule is c1ccc2nc(-c3ccc4c5ccc(-c6ccc7ccccc7n6)cc5c5c6cc(-c7ccc8ccccc8n7)ccc6c6ccc(-c7ccc8ccccc8n7)cc6c5c4c3)ccc2c1. The number of fused-ring (bicyclic) bond motifs is 15. The van der Waals surface area contributed by atoms with Gasteiger partial charge in [-0.3, -0.25) is 0 Å². The second-order valence-corrected chi connectivity index (χ2v) is 17.3. The number of pyridine rings is 4. The molecule has 0 radical (unpaired) electrons. The lowest BCUT2D eigenvalue weighted by Gasteiger charge is -2.19. The first-order valence-electron chi connectivity index (χ1n) is 22.4. The molecule has 0 spiro atoms. The second kappa shape index (κ2) is 14.3. The van der Waals surface area contributed by atoms with Crippen LogP contribution in [0.1, 0.15) is 0 Å². The van der Waals surface area contributed by atoms with E-state index in [0.29, 0.717) is 0 Å². The summed E-state index contributed by atoms with van der Waals surface area (Å²) in [6.45, 7) is 0. The first-order chi connectivity index (χ1) is 32.7. The van der Waals surface area contributed by atoms with Gasteiger partial charge in [-0.2, -0.15) is 0 Å². The number of hydrogen-bond donors (Lipinski definition) is 0. The van der Waals surface area contributed by atoms with Crippen molar-refractivity contribution in [3.05, 3.63) is 218 Å². The fourth-order valence-electron chi connectivity index (χ4n) is 10.3. The predicted molar refractivity (Wildman–Crippen MR) is 277 cm³/mol. The van der Waals surface area contributed by atoms with E-state index in [2.05, 4.69) is 218 Å². The van der Waals surface area contributed by atoms with Crippen LogP contribution in [0.5, 0.6) is 0 Å². The molecule has 0 saturated heterocycles. The van der Waals surface area contributed by atoms with Crippen molar-refractivity contribution >= 4 is 97.5 Å². The largest absolute Gasteiger partial charge is 0.248 e. The summed E-state index contributed by atoms with van der Waals surface area (Å²) in [5, 5.41) is 16.3. The normalized spacial score (nSPS) is 11.9. The Labute approximate surface area is 379 Å². The van der Waals surface area contributed by atoms with Gasteiger partial charge in [-0.1, -0.05) is 146 Å². The molecule has 0 fully saturated rings. The van der Waals surface area contributed by atoms with Crippen molar-refractivity contribution in [1.82, 2.24) is 19.9 Å². The van der Waals surface area contributed by atoms with Gasteiger partial charge in [-0.25, -0.2) is 19.9 Å². The summed E-state index contributed by atoms with van der Waals surface area (Å²) >= 11 is 0.